The van der Waals surface area contributed by atoms with E-state index in [2.05, 4.69) is 23.8 Å². The molecule has 2 heterocycles. The molecule has 3 rings (SSSR count). The molecule has 0 saturated carbocycles. The van der Waals surface area contributed by atoms with Crippen molar-refractivity contribution in [1.29, 1.82) is 0 Å². The Hall–Kier alpha value is -2.82. The molecule has 0 saturated heterocycles. The molecule has 3 aromatic rings. The summed E-state index contributed by atoms with van der Waals surface area (Å²) in [5.74, 6) is -0.100. The van der Waals surface area contributed by atoms with Crippen LogP contribution in [0.5, 0.6) is 0 Å². The first-order chi connectivity index (χ1) is 11.4. The fourth-order valence-corrected chi connectivity index (χ4v) is 3.05. The molecule has 0 aliphatic heterocycles. The Morgan fingerprint density at radius 1 is 1.33 bits per heavy atom. The van der Waals surface area contributed by atoms with Crippen molar-refractivity contribution < 1.29 is 4.79 Å². The molecule has 0 aliphatic carbocycles. The summed E-state index contributed by atoms with van der Waals surface area (Å²) in [6.45, 7) is 4.22. The molecular weight excluding hydrogens is 300 g/mol. The minimum Gasteiger partial charge on any atom is -0.398 e. The maximum Gasteiger partial charge on any atom is 0.255 e. The van der Waals surface area contributed by atoms with E-state index in [0.717, 1.165) is 34.1 Å². The summed E-state index contributed by atoms with van der Waals surface area (Å²) in [5.41, 5.74) is 12.3. The first-order valence-corrected chi connectivity index (χ1v) is 8.01. The van der Waals surface area contributed by atoms with Crippen LogP contribution in [0, 0.1) is 6.92 Å². The lowest BCUT2D eigenvalue weighted by atomic mass is 9.96. The molecule has 0 atom stereocenters. The average Bonchev–Trinajstić information content (AvgIpc) is 2.99. The van der Waals surface area contributed by atoms with Gasteiger partial charge in [0.2, 0.25) is 0 Å². The number of nitrogens with zero attached hydrogens (tertiary/aromatic N) is 2. The standard InChI is InChI=1S/C19H22N4O/c1-5-12-9-21-18-17(12)11(2)15(10-22-18)13-6-7-16(20)14(8-13)19(24)23(3)4/h6-10H,5,20H2,1-4H3,(H,21,22). The van der Waals surface area contributed by atoms with E-state index in [9.17, 15) is 4.79 Å². The minimum atomic E-state index is -0.100. The zero-order chi connectivity index (χ0) is 17.4. The zero-order valence-electron chi connectivity index (χ0n) is 14.5. The van der Waals surface area contributed by atoms with Gasteiger partial charge < -0.3 is 15.6 Å². The van der Waals surface area contributed by atoms with Gasteiger partial charge in [0.05, 0.1) is 5.56 Å². The van der Waals surface area contributed by atoms with Crippen molar-refractivity contribution in [1.82, 2.24) is 14.9 Å². The molecule has 0 aliphatic rings. The van der Waals surface area contributed by atoms with Crippen molar-refractivity contribution in [2.24, 2.45) is 0 Å². The van der Waals surface area contributed by atoms with Gasteiger partial charge >= 0.3 is 0 Å². The lowest BCUT2D eigenvalue weighted by molar-refractivity contribution is 0.0828. The summed E-state index contributed by atoms with van der Waals surface area (Å²) in [4.78, 5) is 21.6. The van der Waals surface area contributed by atoms with Crippen LogP contribution in [0.3, 0.4) is 0 Å². The highest BCUT2D eigenvalue weighted by Gasteiger charge is 2.16. The summed E-state index contributed by atoms with van der Waals surface area (Å²) in [6.07, 6.45) is 4.81. The molecule has 5 nitrogen and oxygen atoms in total. The Bertz CT molecular complexity index is 925. The summed E-state index contributed by atoms with van der Waals surface area (Å²) >= 11 is 0. The maximum atomic E-state index is 12.3. The van der Waals surface area contributed by atoms with Gasteiger partial charge in [-0.15, -0.1) is 0 Å². The van der Waals surface area contributed by atoms with Crippen molar-refractivity contribution in [2.45, 2.75) is 20.3 Å². The number of carbonyl (C=O) groups excluding carboxylic acids is 1. The van der Waals surface area contributed by atoms with E-state index in [1.807, 2.05) is 24.5 Å². The number of nitrogens with one attached hydrogen (secondary N) is 1. The molecule has 1 aromatic carbocycles. The first-order valence-electron chi connectivity index (χ1n) is 8.01. The normalized spacial score (nSPS) is 11.0. The van der Waals surface area contributed by atoms with E-state index in [4.69, 9.17) is 5.73 Å². The van der Waals surface area contributed by atoms with Gasteiger partial charge in [0.1, 0.15) is 5.65 Å². The number of carbonyl (C=O) groups is 1. The third-order valence-corrected chi connectivity index (χ3v) is 4.42. The van der Waals surface area contributed by atoms with Crippen molar-refractivity contribution in [3.05, 3.63) is 47.3 Å². The van der Waals surface area contributed by atoms with Gasteiger partial charge in [-0.25, -0.2) is 4.98 Å². The number of amides is 1. The highest BCUT2D eigenvalue weighted by Crippen LogP contribution is 2.32. The van der Waals surface area contributed by atoms with Gasteiger partial charge in [-0.05, 0) is 42.2 Å². The number of aromatic amines is 1. The maximum absolute atomic E-state index is 12.3. The van der Waals surface area contributed by atoms with Crippen molar-refractivity contribution in [3.63, 3.8) is 0 Å². The highest BCUT2D eigenvalue weighted by molar-refractivity contribution is 6.00. The molecule has 0 unspecified atom stereocenters. The molecule has 0 radical (unpaired) electrons. The Morgan fingerprint density at radius 2 is 2.08 bits per heavy atom. The zero-order valence-corrected chi connectivity index (χ0v) is 14.5. The molecule has 1 amide bonds. The predicted molar refractivity (Wildman–Crippen MR) is 98.1 cm³/mol. The Labute approximate surface area is 141 Å². The van der Waals surface area contributed by atoms with Crippen LogP contribution >= 0.6 is 0 Å². The molecule has 24 heavy (non-hydrogen) atoms. The van der Waals surface area contributed by atoms with Gasteiger partial charge in [0.15, 0.2) is 0 Å². The number of hydrogen-bond acceptors (Lipinski definition) is 3. The Balaban J connectivity index is 2.19. The molecule has 0 spiro atoms. The van der Waals surface area contributed by atoms with Crippen LogP contribution in [0.15, 0.2) is 30.6 Å². The number of aryl methyl sites for hydroxylation is 2. The number of H-pyrrole nitrogens is 1. The van der Waals surface area contributed by atoms with Crippen LogP contribution in [0.4, 0.5) is 5.69 Å². The molecular formula is C19H22N4O. The molecule has 0 fully saturated rings. The SMILES string of the molecule is CCc1c[nH]c2ncc(-c3ccc(N)c(C(=O)N(C)C)c3)c(C)c12. The van der Waals surface area contributed by atoms with Crippen LogP contribution in [0.1, 0.15) is 28.4 Å². The van der Waals surface area contributed by atoms with Gasteiger partial charge in [-0.1, -0.05) is 13.0 Å². The lowest BCUT2D eigenvalue weighted by Gasteiger charge is -2.14. The van der Waals surface area contributed by atoms with Gasteiger partial charge in [-0.2, -0.15) is 0 Å². The van der Waals surface area contributed by atoms with Crippen LogP contribution < -0.4 is 5.73 Å². The number of fused-ring (bicyclic) bond motifs is 1. The number of anilines is 1. The highest BCUT2D eigenvalue weighted by atomic mass is 16.2. The predicted octanol–water partition coefficient (Wildman–Crippen LogP) is 3.38. The number of aromatic nitrogens is 2. The number of pyridine rings is 1. The number of rotatable bonds is 3. The quantitative estimate of drug-likeness (QED) is 0.726. The number of benzene rings is 1. The second kappa shape index (κ2) is 6.00. The van der Waals surface area contributed by atoms with Crippen molar-refractivity contribution in [2.75, 3.05) is 19.8 Å². The van der Waals surface area contributed by atoms with Gasteiger partial charge in [-0.3, -0.25) is 4.79 Å². The molecule has 2 aromatic heterocycles. The molecule has 5 heteroatoms. The first kappa shape index (κ1) is 16.1. The van der Waals surface area contributed by atoms with Crippen LogP contribution in [0.2, 0.25) is 0 Å². The Kier molecular flexibility index (Phi) is 4.01. The summed E-state index contributed by atoms with van der Waals surface area (Å²) in [7, 11) is 3.45. The largest absolute Gasteiger partial charge is 0.398 e. The number of nitrogen functional groups attached to an aromatic ring is 1. The average molecular weight is 322 g/mol. The minimum absolute atomic E-state index is 0.100. The molecule has 0 bridgehead atoms. The summed E-state index contributed by atoms with van der Waals surface area (Å²) in [5, 5.41) is 1.16. The van der Waals surface area contributed by atoms with E-state index in [0.29, 0.717) is 11.3 Å². The summed E-state index contributed by atoms with van der Waals surface area (Å²) in [6, 6.07) is 5.58. The second-order valence-corrected chi connectivity index (χ2v) is 6.19. The Morgan fingerprint density at radius 3 is 2.75 bits per heavy atom. The van der Waals surface area contributed by atoms with E-state index < -0.39 is 0 Å². The topological polar surface area (TPSA) is 75.0 Å². The summed E-state index contributed by atoms with van der Waals surface area (Å²) < 4.78 is 0. The molecule has 124 valence electrons. The van der Waals surface area contributed by atoms with Gasteiger partial charge in [0, 0.05) is 43.1 Å². The van der Waals surface area contributed by atoms with Crippen molar-refractivity contribution >= 4 is 22.6 Å². The van der Waals surface area contributed by atoms with Crippen molar-refractivity contribution in [3.8, 4) is 11.1 Å². The fourth-order valence-electron chi connectivity index (χ4n) is 3.05. The van der Waals surface area contributed by atoms with E-state index in [-0.39, 0.29) is 5.91 Å². The smallest absolute Gasteiger partial charge is 0.255 e. The lowest BCUT2D eigenvalue weighted by Crippen LogP contribution is -2.22. The number of nitrogens with two attached hydrogens (primary N) is 1. The molecule has 3 N–H and O–H groups in total. The van der Waals surface area contributed by atoms with E-state index >= 15 is 0 Å². The van der Waals surface area contributed by atoms with Crippen LogP contribution in [-0.2, 0) is 6.42 Å². The fraction of sp³-hybridized carbons (Fsp3) is 0.263. The van der Waals surface area contributed by atoms with Crippen LogP contribution in [-0.4, -0.2) is 34.9 Å². The van der Waals surface area contributed by atoms with E-state index in [1.54, 1.807) is 20.2 Å². The van der Waals surface area contributed by atoms with Crippen LogP contribution in [0.25, 0.3) is 22.2 Å². The van der Waals surface area contributed by atoms with E-state index in [1.165, 1.54) is 10.5 Å². The second-order valence-electron chi connectivity index (χ2n) is 6.19. The third-order valence-electron chi connectivity index (χ3n) is 4.42. The third kappa shape index (κ3) is 2.52. The monoisotopic (exact) mass is 322 g/mol. The number of hydrogen-bond donors (Lipinski definition) is 2. The van der Waals surface area contributed by atoms with Gasteiger partial charge in [0.25, 0.3) is 5.91 Å².